The lowest BCUT2D eigenvalue weighted by molar-refractivity contribution is -0.151. The van der Waals surface area contributed by atoms with Gasteiger partial charge in [0.2, 0.25) is 0 Å². The van der Waals surface area contributed by atoms with Gasteiger partial charge in [0.25, 0.3) is 5.91 Å². The first-order chi connectivity index (χ1) is 15.1. The lowest BCUT2D eigenvalue weighted by atomic mass is 10.1. The van der Waals surface area contributed by atoms with E-state index in [9.17, 15) is 9.59 Å². The van der Waals surface area contributed by atoms with Gasteiger partial charge in [0.1, 0.15) is 13.2 Å². The normalized spacial score (nSPS) is 12.5. The van der Waals surface area contributed by atoms with Crippen LogP contribution >= 0.6 is 0 Å². The SMILES string of the molecule is CN(Cc1ccc2c(c1)OCCO2)C(=O)COC(=O)CCCc1c[nH]c2ccccc12. The Labute approximate surface area is 180 Å². The third kappa shape index (κ3) is 5.17. The fraction of sp³-hybridized carbons (Fsp3) is 0.333. The van der Waals surface area contributed by atoms with Crippen molar-refractivity contribution < 1.29 is 23.8 Å². The van der Waals surface area contributed by atoms with E-state index in [1.54, 1.807) is 7.05 Å². The second-order valence-corrected chi connectivity index (χ2v) is 7.60. The van der Waals surface area contributed by atoms with Crippen LogP contribution in [0, 0.1) is 0 Å². The Hall–Kier alpha value is -3.48. The van der Waals surface area contributed by atoms with Crippen molar-refractivity contribution in [3.63, 3.8) is 0 Å². The number of benzene rings is 2. The largest absolute Gasteiger partial charge is 0.486 e. The number of ether oxygens (including phenoxy) is 3. The maximum atomic E-state index is 12.3. The first kappa shape index (κ1) is 20.8. The first-order valence-corrected chi connectivity index (χ1v) is 10.4. The summed E-state index contributed by atoms with van der Waals surface area (Å²) in [5.41, 5.74) is 3.19. The Bertz CT molecular complexity index is 1070. The average molecular weight is 422 g/mol. The van der Waals surface area contributed by atoms with E-state index in [0.717, 1.165) is 17.5 Å². The van der Waals surface area contributed by atoms with E-state index >= 15 is 0 Å². The van der Waals surface area contributed by atoms with Gasteiger partial charge in [-0.3, -0.25) is 9.59 Å². The predicted molar refractivity (Wildman–Crippen MR) is 116 cm³/mol. The standard InChI is InChI=1S/C24H26N2O5/c1-26(15-17-9-10-21-22(13-17)30-12-11-29-21)23(27)16-31-24(28)8-4-5-18-14-25-20-7-3-2-6-19(18)20/h2-3,6-7,9-10,13-14,25H,4-5,8,11-12,15-16H2,1H3. The monoisotopic (exact) mass is 422 g/mol. The van der Waals surface area contributed by atoms with Crippen molar-refractivity contribution in [3.05, 3.63) is 59.8 Å². The summed E-state index contributed by atoms with van der Waals surface area (Å²) in [6.45, 7) is 1.19. The summed E-state index contributed by atoms with van der Waals surface area (Å²) in [7, 11) is 1.68. The topological polar surface area (TPSA) is 80.9 Å². The zero-order chi connectivity index (χ0) is 21.6. The lowest BCUT2D eigenvalue weighted by Crippen LogP contribution is -2.30. The van der Waals surface area contributed by atoms with Crippen LogP contribution in [0.1, 0.15) is 24.0 Å². The third-order valence-electron chi connectivity index (χ3n) is 5.31. The van der Waals surface area contributed by atoms with Crippen LogP contribution in [0.25, 0.3) is 10.9 Å². The number of amides is 1. The number of esters is 1. The van der Waals surface area contributed by atoms with Crippen LogP contribution in [-0.4, -0.2) is 48.6 Å². The molecule has 1 N–H and O–H groups in total. The van der Waals surface area contributed by atoms with Crippen molar-refractivity contribution in [2.45, 2.75) is 25.8 Å². The van der Waals surface area contributed by atoms with E-state index in [1.807, 2.05) is 42.6 Å². The van der Waals surface area contributed by atoms with Gasteiger partial charge in [-0.05, 0) is 42.2 Å². The van der Waals surface area contributed by atoms with Gasteiger partial charge in [0, 0.05) is 37.1 Å². The molecule has 1 aromatic heterocycles. The number of para-hydroxylation sites is 1. The number of aromatic amines is 1. The number of hydrogen-bond acceptors (Lipinski definition) is 5. The number of rotatable bonds is 8. The van der Waals surface area contributed by atoms with Crippen LogP contribution in [0.5, 0.6) is 11.5 Å². The highest BCUT2D eigenvalue weighted by molar-refractivity contribution is 5.83. The fourth-order valence-electron chi connectivity index (χ4n) is 3.63. The Morgan fingerprint density at radius 1 is 1.10 bits per heavy atom. The second kappa shape index (κ2) is 9.55. The van der Waals surface area contributed by atoms with Crippen molar-refractivity contribution in [2.75, 3.05) is 26.9 Å². The first-order valence-electron chi connectivity index (χ1n) is 10.4. The quantitative estimate of drug-likeness (QED) is 0.563. The number of hydrogen-bond donors (Lipinski definition) is 1. The molecule has 0 saturated carbocycles. The minimum absolute atomic E-state index is 0.250. The molecule has 0 aliphatic carbocycles. The summed E-state index contributed by atoms with van der Waals surface area (Å²) >= 11 is 0. The number of carbonyl (C=O) groups is 2. The van der Waals surface area contributed by atoms with E-state index in [1.165, 1.54) is 15.8 Å². The molecule has 2 heterocycles. The van der Waals surface area contributed by atoms with Crippen molar-refractivity contribution in [3.8, 4) is 11.5 Å². The maximum absolute atomic E-state index is 12.3. The van der Waals surface area contributed by atoms with Crippen molar-refractivity contribution in [1.29, 1.82) is 0 Å². The molecule has 1 amide bonds. The second-order valence-electron chi connectivity index (χ2n) is 7.60. The molecule has 0 radical (unpaired) electrons. The van der Waals surface area contributed by atoms with Crippen LogP contribution in [0.2, 0.25) is 0 Å². The van der Waals surface area contributed by atoms with Gasteiger partial charge in [-0.2, -0.15) is 0 Å². The Morgan fingerprint density at radius 2 is 1.90 bits per heavy atom. The molecule has 1 aliphatic rings. The number of H-pyrrole nitrogens is 1. The van der Waals surface area contributed by atoms with Crippen LogP contribution < -0.4 is 9.47 Å². The molecule has 3 aromatic rings. The zero-order valence-electron chi connectivity index (χ0n) is 17.6. The van der Waals surface area contributed by atoms with E-state index < -0.39 is 0 Å². The van der Waals surface area contributed by atoms with Crippen LogP contribution in [0.15, 0.2) is 48.7 Å². The van der Waals surface area contributed by atoms with Crippen molar-refractivity contribution in [2.24, 2.45) is 0 Å². The summed E-state index contributed by atoms with van der Waals surface area (Å²) in [6, 6.07) is 13.7. The number of nitrogens with one attached hydrogen (secondary N) is 1. The number of carbonyl (C=O) groups excluding carboxylic acids is 2. The summed E-state index contributed by atoms with van der Waals surface area (Å²) in [5.74, 6) is 0.789. The van der Waals surface area contributed by atoms with E-state index in [-0.39, 0.29) is 24.9 Å². The van der Waals surface area contributed by atoms with E-state index in [0.29, 0.717) is 37.7 Å². The van der Waals surface area contributed by atoms with Gasteiger partial charge >= 0.3 is 5.97 Å². The van der Waals surface area contributed by atoms with Gasteiger partial charge in [-0.25, -0.2) is 0 Å². The molecule has 2 aromatic carbocycles. The van der Waals surface area contributed by atoms with Gasteiger partial charge < -0.3 is 24.1 Å². The summed E-state index contributed by atoms with van der Waals surface area (Å²) in [6.07, 6.45) is 3.70. The van der Waals surface area contributed by atoms with Crippen LogP contribution in [0.4, 0.5) is 0 Å². The zero-order valence-corrected chi connectivity index (χ0v) is 17.6. The maximum Gasteiger partial charge on any atom is 0.306 e. The van der Waals surface area contributed by atoms with Gasteiger partial charge in [0.15, 0.2) is 18.1 Å². The van der Waals surface area contributed by atoms with Crippen molar-refractivity contribution >= 4 is 22.8 Å². The Balaban J connectivity index is 1.19. The molecule has 7 nitrogen and oxygen atoms in total. The molecule has 4 rings (SSSR count). The summed E-state index contributed by atoms with van der Waals surface area (Å²) < 4.78 is 16.3. The highest BCUT2D eigenvalue weighted by atomic mass is 16.6. The molecule has 1 aliphatic heterocycles. The summed E-state index contributed by atoms with van der Waals surface area (Å²) in [5, 5.41) is 1.17. The molecule has 0 bridgehead atoms. The minimum atomic E-state index is -0.360. The molecule has 0 saturated heterocycles. The molecule has 0 fully saturated rings. The molecule has 7 heteroatoms. The Kier molecular flexibility index (Phi) is 6.40. The average Bonchev–Trinajstić information content (AvgIpc) is 3.20. The van der Waals surface area contributed by atoms with Crippen LogP contribution in [-0.2, 0) is 27.3 Å². The highest BCUT2D eigenvalue weighted by Gasteiger charge is 2.16. The molecule has 0 unspecified atom stereocenters. The number of aromatic nitrogens is 1. The number of likely N-dealkylation sites (N-methyl/N-ethyl adjacent to an activating group) is 1. The molecule has 31 heavy (non-hydrogen) atoms. The van der Waals surface area contributed by atoms with Gasteiger partial charge in [0.05, 0.1) is 0 Å². The van der Waals surface area contributed by atoms with Crippen molar-refractivity contribution in [1.82, 2.24) is 9.88 Å². The summed E-state index contributed by atoms with van der Waals surface area (Å²) in [4.78, 5) is 29.2. The number of fused-ring (bicyclic) bond motifs is 2. The molecule has 0 spiro atoms. The van der Waals surface area contributed by atoms with Gasteiger partial charge in [-0.15, -0.1) is 0 Å². The molecular weight excluding hydrogens is 396 g/mol. The van der Waals surface area contributed by atoms with Gasteiger partial charge in [-0.1, -0.05) is 24.3 Å². The smallest absolute Gasteiger partial charge is 0.306 e. The number of nitrogens with zero attached hydrogens (tertiary/aromatic N) is 1. The van der Waals surface area contributed by atoms with E-state index in [2.05, 4.69) is 11.1 Å². The predicted octanol–water partition coefficient (Wildman–Crippen LogP) is 3.46. The fourth-order valence-corrected chi connectivity index (χ4v) is 3.63. The Morgan fingerprint density at radius 3 is 2.77 bits per heavy atom. The molecule has 162 valence electrons. The van der Waals surface area contributed by atoms with E-state index in [4.69, 9.17) is 14.2 Å². The third-order valence-corrected chi connectivity index (χ3v) is 5.31. The lowest BCUT2D eigenvalue weighted by Gasteiger charge is -2.21. The molecule has 0 atom stereocenters. The highest BCUT2D eigenvalue weighted by Crippen LogP contribution is 2.31. The van der Waals surface area contributed by atoms with Crippen LogP contribution in [0.3, 0.4) is 0 Å². The number of aryl methyl sites for hydroxylation is 1. The minimum Gasteiger partial charge on any atom is -0.486 e. The molecular formula is C24H26N2O5.